The highest BCUT2D eigenvalue weighted by molar-refractivity contribution is 6.11. The molecule has 2 aromatic carbocycles. The number of aromatic hydroxyl groups is 1. The van der Waals surface area contributed by atoms with Crippen molar-refractivity contribution in [3.63, 3.8) is 0 Å². The zero-order valence-corrected chi connectivity index (χ0v) is 14.9. The van der Waals surface area contributed by atoms with Crippen LogP contribution in [0.1, 0.15) is 15.9 Å². The third-order valence-electron chi connectivity index (χ3n) is 4.14. The van der Waals surface area contributed by atoms with Gasteiger partial charge < -0.3 is 10.4 Å². The number of hydrogen-bond donors (Lipinski definition) is 3. The predicted molar refractivity (Wildman–Crippen MR) is 105 cm³/mol. The van der Waals surface area contributed by atoms with E-state index in [1.54, 1.807) is 48.7 Å². The van der Waals surface area contributed by atoms with Crippen LogP contribution in [0.15, 0.2) is 71.2 Å². The molecule has 4 aromatic rings. The first-order chi connectivity index (χ1) is 14.2. The number of rotatable bonds is 4. The van der Waals surface area contributed by atoms with Crippen LogP contribution in [0.25, 0.3) is 10.8 Å². The van der Waals surface area contributed by atoms with Crippen molar-refractivity contribution in [2.75, 3.05) is 5.32 Å². The lowest BCUT2D eigenvalue weighted by Crippen LogP contribution is -2.13. The number of anilines is 1. The van der Waals surface area contributed by atoms with E-state index in [2.05, 4.69) is 30.7 Å². The highest BCUT2D eigenvalue weighted by Gasteiger charge is 2.19. The first-order valence-electron chi connectivity index (χ1n) is 8.49. The normalized spacial score (nSPS) is 10.9. The number of fused-ring (bicyclic) bond motifs is 1. The molecule has 4 rings (SSSR count). The number of aromatic nitrogens is 3. The molecule has 9 nitrogen and oxygen atoms in total. The lowest BCUT2D eigenvalue weighted by Gasteiger charge is -2.10. The Bertz CT molecular complexity index is 1270. The third-order valence-corrected chi connectivity index (χ3v) is 4.14. The van der Waals surface area contributed by atoms with Gasteiger partial charge in [-0.1, -0.05) is 30.3 Å². The summed E-state index contributed by atoms with van der Waals surface area (Å²) in [5.41, 5.74) is 0.336. The van der Waals surface area contributed by atoms with Crippen LogP contribution in [-0.4, -0.2) is 26.2 Å². The van der Waals surface area contributed by atoms with Gasteiger partial charge in [-0.2, -0.15) is 10.4 Å². The molecule has 0 fully saturated rings. The average Bonchev–Trinajstić information content (AvgIpc) is 3.21. The maximum absolute atomic E-state index is 12.7. The summed E-state index contributed by atoms with van der Waals surface area (Å²) in [6.07, 6.45) is 2.87. The minimum Gasteiger partial charge on any atom is -0.505 e. The molecule has 1 amide bonds. The molecule has 0 radical (unpaired) electrons. The molecule has 0 unspecified atom stereocenters. The van der Waals surface area contributed by atoms with Crippen LogP contribution in [0.3, 0.4) is 0 Å². The predicted octanol–water partition coefficient (Wildman–Crippen LogP) is 4.20. The van der Waals surface area contributed by atoms with Gasteiger partial charge in [0.15, 0.2) is 11.6 Å². The number of carbonyl (C=O) groups excluding carboxylic acids is 1. The Balaban J connectivity index is 1.80. The van der Waals surface area contributed by atoms with Crippen molar-refractivity contribution in [2.24, 2.45) is 10.2 Å². The van der Waals surface area contributed by atoms with Crippen LogP contribution < -0.4 is 5.32 Å². The van der Waals surface area contributed by atoms with Gasteiger partial charge in [0, 0.05) is 11.6 Å². The van der Waals surface area contributed by atoms with Crippen molar-refractivity contribution in [1.82, 2.24) is 15.2 Å². The Hall–Kier alpha value is -4.58. The summed E-state index contributed by atoms with van der Waals surface area (Å²) in [6, 6.07) is 15.7. The maximum Gasteiger partial charge on any atom is 0.260 e. The summed E-state index contributed by atoms with van der Waals surface area (Å²) >= 11 is 0. The minimum absolute atomic E-state index is 0.0217. The van der Waals surface area contributed by atoms with Gasteiger partial charge in [0.05, 0.1) is 11.8 Å². The molecule has 2 heterocycles. The fourth-order valence-corrected chi connectivity index (χ4v) is 2.75. The van der Waals surface area contributed by atoms with E-state index in [-0.39, 0.29) is 28.4 Å². The first-order valence-corrected chi connectivity index (χ1v) is 8.49. The number of pyridine rings is 1. The van der Waals surface area contributed by atoms with Crippen LogP contribution >= 0.6 is 0 Å². The van der Waals surface area contributed by atoms with E-state index in [9.17, 15) is 9.90 Å². The van der Waals surface area contributed by atoms with Crippen LogP contribution in [0, 0.1) is 11.3 Å². The Morgan fingerprint density at radius 1 is 1.17 bits per heavy atom. The number of nitrogens with zero attached hydrogens (tertiary/aromatic N) is 5. The molecule has 0 aliphatic heterocycles. The Morgan fingerprint density at radius 3 is 2.79 bits per heavy atom. The van der Waals surface area contributed by atoms with E-state index in [1.807, 2.05) is 12.1 Å². The lowest BCUT2D eigenvalue weighted by molar-refractivity contribution is 0.102. The van der Waals surface area contributed by atoms with Crippen molar-refractivity contribution in [2.45, 2.75) is 0 Å². The number of H-pyrrole nitrogens is 1. The second-order valence-corrected chi connectivity index (χ2v) is 5.96. The summed E-state index contributed by atoms with van der Waals surface area (Å²) in [7, 11) is 0. The Labute approximate surface area is 164 Å². The lowest BCUT2D eigenvalue weighted by atomic mass is 10.0. The summed E-state index contributed by atoms with van der Waals surface area (Å²) < 4.78 is 0. The Morgan fingerprint density at radius 2 is 2.00 bits per heavy atom. The number of phenols is 1. The van der Waals surface area contributed by atoms with E-state index in [0.29, 0.717) is 16.6 Å². The van der Waals surface area contributed by atoms with Crippen molar-refractivity contribution in [3.05, 3.63) is 72.1 Å². The molecule has 0 aliphatic rings. The number of carbonyl (C=O) groups is 1. The number of azo groups is 1. The largest absolute Gasteiger partial charge is 0.505 e. The van der Waals surface area contributed by atoms with Crippen molar-refractivity contribution >= 4 is 34.0 Å². The fourth-order valence-electron chi connectivity index (χ4n) is 2.75. The molecule has 140 valence electrons. The first kappa shape index (κ1) is 17.8. The summed E-state index contributed by atoms with van der Waals surface area (Å²) in [5, 5.41) is 38.1. The molecule has 0 aliphatic carbocycles. The fraction of sp³-hybridized carbons (Fsp3) is 0. The molecule has 29 heavy (non-hydrogen) atoms. The number of nitrogens with one attached hydrogen (secondary N) is 2. The number of nitriles is 1. The van der Waals surface area contributed by atoms with Gasteiger partial charge >= 0.3 is 0 Å². The van der Waals surface area contributed by atoms with E-state index < -0.39 is 5.91 Å². The van der Waals surface area contributed by atoms with Gasteiger partial charge in [-0.05, 0) is 23.6 Å². The van der Waals surface area contributed by atoms with Gasteiger partial charge in [0.2, 0.25) is 0 Å². The average molecular weight is 383 g/mol. The molecule has 0 spiro atoms. The topological polar surface area (TPSA) is 139 Å². The zero-order chi connectivity index (χ0) is 20.2. The molecule has 0 saturated heterocycles. The van der Waals surface area contributed by atoms with Gasteiger partial charge in [-0.15, -0.1) is 10.2 Å². The summed E-state index contributed by atoms with van der Waals surface area (Å²) in [4.78, 5) is 16.8. The van der Waals surface area contributed by atoms with Gasteiger partial charge in [-0.3, -0.25) is 9.89 Å². The van der Waals surface area contributed by atoms with E-state index in [1.165, 1.54) is 6.20 Å². The van der Waals surface area contributed by atoms with Crippen molar-refractivity contribution in [3.8, 4) is 11.8 Å². The number of aromatic amines is 1. The monoisotopic (exact) mass is 383 g/mol. The summed E-state index contributed by atoms with van der Waals surface area (Å²) in [5.74, 6) is -0.370. The molecular weight excluding hydrogens is 370 g/mol. The van der Waals surface area contributed by atoms with Crippen LogP contribution in [0.2, 0.25) is 0 Å². The number of hydrogen-bond acceptors (Lipinski definition) is 7. The smallest absolute Gasteiger partial charge is 0.260 e. The van der Waals surface area contributed by atoms with Gasteiger partial charge in [0.25, 0.3) is 5.91 Å². The highest BCUT2D eigenvalue weighted by Crippen LogP contribution is 2.39. The second-order valence-electron chi connectivity index (χ2n) is 5.96. The molecule has 0 atom stereocenters. The number of amides is 1. The van der Waals surface area contributed by atoms with Crippen molar-refractivity contribution < 1.29 is 9.90 Å². The van der Waals surface area contributed by atoms with Crippen molar-refractivity contribution in [1.29, 1.82) is 5.26 Å². The Kier molecular flexibility index (Phi) is 4.65. The molecule has 9 heteroatoms. The van der Waals surface area contributed by atoms with E-state index in [0.717, 1.165) is 0 Å². The second kappa shape index (κ2) is 7.58. The zero-order valence-electron chi connectivity index (χ0n) is 14.9. The quantitative estimate of drug-likeness (QED) is 0.453. The van der Waals surface area contributed by atoms with Gasteiger partial charge in [0.1, 0.15) is 23.1 Å². The SMILES string of the molecule is N#Cc1cn[nH]c1N=Nc1c(O)c(C(=O)Nc2ccccn2)cc2ccccc12. The van der Waals surface area contributed by atoms with Gasteiger partial charge in [-0.25, -0.2) is 4.98 Å². The molecule has 0 saturated carbocycles. The highest BCUT2D eigenvalue weighted by atomic mass is 16.3. The molecule has 2 aromatic heterocycles. The third kappa shape index (κ3) is 3.50. The summed E-state index contributed by atoms with van der Waals surface area (Å²) in [6.45, 7) is 0. The van der Waals surface area contributed by atoms with Crippen LogP contribution in [-0.2, 0) is 0 Å². The standard InChI is InChI=1S/C20H13N7O2/c21-10-13-11-23-26-19(13)27-25-17-14-6-2-1-5-12(14)9-15(18(17)28)20(29)24-16-7-3-4-8-22-16/h1-9,11,28H,(H,23,26)(H,22,24,29). The molecule has 3 N–H and O–H groups in total. The molecular formula is C20H13N7O2. The van der Waals surface area contributed by atoms with Crippen LogP contribution in [0.5, 0.6) is 5.75 Å². The minimum atomic E-state index is -0.539. The molecule has 0 bridgehead atoms. The number of phenolic OH excluding ortho intramolecular Hbond substituents is 1. The number of benzene rings is 2. The van der Waals surface area contributed by atoms with E-state index in [4.69, 9.17) is 5.26 Å². The van der Waals surface area contributed by atoms with Crippen LogP contribution in [0.4, 0.5) is 17.3 Å². The maximum atomic E-state index is 12.7. The van der Waals surface area contributed by atoms with E-state index >= 15 is 0 Å².